The summed E-state index contributed by atoms with van der Waals surface area (Å²) in [6.07, 6.45) is 3.12. The molecule has 0 heterocycles. The van der Waals surface area contributed by atoms with E-state index < -0.39 is 22.0 Å². The Hall–Kier alpha value is -2.84. The van der Waals surface area contributed by atoms with Crippen molar-refractivity contribution in [3.05, 3.63) is 72.3 Å². The highest BCUT2D eigenvalue weighted by Crippen LogP contribution is 2.22. The highest BCUT2D eigenvalue weighted by molar-refractivity contribution is 7.98. The number of amides is 1. The summed E-state index contributed by atoms with van der Waals surface area (Å²) in [5.41, 5.74) is 0.606. The van der Waals surface area contributed by atoms with Crippen LogP contribution in [0, 0.1) is 0 Å². The number of sulfonamides is 1. The monoisotopic (exact) mass is 442 g/mol. The van der Waals surface area contributed by atoms with Gasteiger partial charge in [-0.25, -0.2) is 8.42 Å². The fourth-order valence-electron chi connectivity index (χ4n) is 2.94. The van der Waals surface area contributed by atoms with E-state index in [0.29, 0.717) is 18.4 Å². The minimum Gasteiger partial charge on any atom is -0.342 e. The van der Waals surface area contributed by atoms with E-state index in [1.165, 1.54) is 24.3 Å². The molecule has 0 aliphatic rings. The predicted molar refractivity (Wildman–Crippen MR) is 122 cm³/mol. The summed E-state index contributed by atoms with van der Waals surface area (Å²) in [4.78, 5) is 23.6. The third kappa shape index (κ3) is 5.40. The second-order valence-corrected chi connectivity index (χ2v) is 9.36. The Bertz CT molecular complexity index is 1160. The summed E-state index contributed by atoms with van der Waals surface area (Å²) in [5.74, 6) is 0.240. The van der Waals surface area contributed by atoms with Crippen molar-refractivity contribution in [2.24, 2.45) is 0 Å². The van der Waals surface area contributed by atoms with Crippen molar-refractivity contribution in [1.29, 1.82) is 0 Å². The highest BCUT2D eigenvalue weighted by Gasteiger charge is 2.18. The second-order valence-electron chi connectivity index (χ2n) is 6.69. The van der Waals surface area contributed by atoms with Crippen LogP contribution in [0.2, 0.25) is 0 Å². The van der Waals surface area contributed by atoms with Crippen LogP contribution in [0.4, 0.5) is 5.69 Å². The molecule has 3 rings (SSSR count). The second kappa shape index (κ2) is 9.77. The molecule has 0 saturated carbocycles. The number of aldehydes is 1. The van der Waals surface area contributed by atoms with Crippen molar-refractivity contribution in [3.8, 4) is 0 Å². The van der Waals surface area contributed by atoms with Crippen LogP contribution in [0.25, 0.3) is 10.8 Å². The first-order valence-electron chi connectivity index (χ1n) is 9.30. The number of fused-ring (bicyclic) bond motifs is 1. The number of hydrogen-bond donors (Lipinski definition) is 2. The Morgan fingerprint density at radius 1 is 1.03 bits per heavy atom. The van der Waals surface area contributed by atoms with Crippen LogP contribution in [0.3, 0.4) is 0 Å². The molecule has 3 aromatic carbocycles. The van der Waals surface area contributed by atoms with Crippen LogP contribution in [0.1, 0.15) is 16.8 Å². The van der Waals surface area contributed by atoms with Gasteiger partial charge in [-0.3, -0.25) is 9.52 Å². The van der Waals surface area contributed by atoms with Crippen molar-refractivity contribution in [2.75, 3.05) is 16.7 Å². The molecule has 2 N–H and O–H groups in total. The molecular weight excluding hydrogens is 420 g/mol. The molecule has 1 amide bonds. The summed E-state index contributed by atoms with van der Waals surface area (Å²) in [6, 6.07) is 18.1. The quantitative estimate of drug-likeness (QED) is 0.493. The third-order valence-corrected chi connectivity index (χ3v) is 6.54. The number of benzene rings is 3. The molecule has 0 radical (unpaired) electrons. The van der Waals surface area contributed by atoms with E-state index in [1.807, 2.05) is 36.6 Å². The van der Waals surface area contributed by atoms with Crippen LogP contribution in [-0.2, 0) is 14.8 Å². The Morgan fingerprint density at radius 3 is 2.53 bits per heavy atom. The largest absolute Gasteiger partial charge is 0.342 e. The molecule has 0 aliphatic carbocycles. The smallest absolute Gasteiger partial charge is 0.261 e. The van der Waals surface area contributed by atoms with E-state index in [1.54, 1.807) is 23.9 Å². The average molecular weight is 443 g/mol. The van der Waals surface area contributed by atoms with Crippen molar-refractivity contribution >= 4 is 50.4 Å². The topological polar surface area (TPSA) is 92.3 Å². The summed E-state index contributed by atoms with van der Waals surface area (Å²) < 4.78 is 28.2. The highest BCUT2D eigenvalue weighted by atomic mass is 32.2. The van der Waals surface area contributed by atoms with E-state index in [9.17, 15) is 18.0 Å². The lowest BCUT2D eigenvalue weighted by molar-refractivity contribution is -0.109. The number of anilines is 1. The van der Waals surface area contributed by atoms with Gasteiger partial charge >= 0.3 is 0 Å². The maximum atomic E-state index is 12.8. The SMILES string of the molecule is CSCC[C@@H](C=O)NC(=O)c1cccc(S(=O)(=O)Nc2ccc3ccccc3c2)c1. The molecule has 0 spiro atoms. The first kappa shape index (κ1) is 21.9. The number of hydrogen-bond acceptors (Lipinski definition) is 5. The van der Waals surface area contributed by atoms with Crippen LogP contribution in [0.5, 0.6) is 0 Å². The Labute approximate surface area is 180 Å². The minimum absolute atomic E-state index is 0.0323. The van der Waals surface area contributed by atoms with Gasteiger partial charge in [-0.05, 0) is 59.5 Å². The first-order valence-corrected chi connectivity index (χ1v) is 12.2. The zero-order valence-corrected chi connectivity index (χ0v) is 18.0. The molecule has 0 aromatic heterocycles. The van der Waals surface area contributed by atoms with Gasteiger partial charge in [-0.1, -0.05) is 36.4 Å². The van der Waals surface area contributed by atoms with Crippen LogP contribution >= 0.6 is 11.8 Å². The van der Waals surface area contributed by atoms with Gasteiger partial charge in [0.25, 0.3) is 15.9 Å². The molecular formula is C22H22N2O4S2. The lowest BCUT2D eigenvalue weighted by atomic mass is 10.1. The van der Waals surface area contributed by atoms with E-state index in [-0.39, 0.29) is 10.5 Å². The normalized spacial score (nSPS) is 12.3. The van der Waals surface area contributed by atoms with Crippen molar-refractivity contribution < 1.29 is 18.0 Å². The van der Waals surface area contributed by atoms with E-state index in [4.69, 9.17) is 0 Å². The molecule has 8 heteroatoms. The summed E-state index contributed by atoms with van der Waals surface area (Å²) in [6.45, 7) is 0. The minimum atomic E-state index is -3.89. The Kier molecular flexibility index (Phi) is 7.12. The van der Waals surface area contributed by atoms with Gasteiger partial charge in [-0.15, -0.1) is 0 Å². The Morgan fingerprint density at radius 2 is 1.80 bits per heavy atom. The molecule has 156 valence electrons. The fourth-order valence-corrected chi connectivity index (χ4v) is 4.53. The Balaban J connectivity index is 1.79. The number of carbonyl (C=O) groups is 2. The van der Waals surface area contributed by atoms with Crippen molar-refractivity contribution in [2.45, 2.75) is 17.4 Å². The third-order valence-electron chi connectivity index (χ3n) is 4.52. The maximum Gasteiger partial charge on any atom is 0.261 e. The van der Waals surface area contributed by atoms with E-state index >= 15 is 0 Å². The molecule has 6 nitrogen and oxygen atoms in total. The van der Waals surface area contributed by atoms with Gasteiger partial charge < -0.3 is 10.1 Å². The number of nitrogens with one attached hydrogen (secondary N) is 2. The molecule has 0 bridgehead atoms. The van der Waals surface area contributed by atoms with E-state index in [0.717, 1.165) is 16.5 Å². The van der Waals surface area contributed by atoms with Crippen LogP contribution < -0.4 is 10.0 Å². The fraction of sp³-hybridized carbons (Fsp3) is 0.182. The van der Waals surface area contributed by atoms with Gasteiger partial charge in [0, 0.05) is 11.3 Å². The van der Waals surface area contributed by atoms with Crippen LogP contribution in [-0.4, -0.2) is 38.7 Å². The van der Waals surface area contributed by atoms with Gasteiger partial charge in [0.15, 0.2) is 0 Å². The summed E-state index contributed by atoms with van der Waals surface area (Å²) in [5, 5.41) is 4.55. The molecule has 3 aromatic rings. The van der Waals surface area contributed by atoms with Gasteiger partial charge in [-0.2, -0.15) is 11.8 Å². The maximum absolute atomic E-state index is 12.8. The number of thioether (sulfide) groups is 1. The zero-order chi connectivity index (χ0) is 21.6. The lowest BCUT2D eigenvalue weighted by Crippen LogP contribution is -2.36. The molecule has 30 heavy (non-hydrogen) atoms. The van der Waals surface area contributed by atoms with Crippen molar-refractivity contribution in [1.82, 2.24) is 5.32 Å². The molecule has 1 atom stereocenters. The van der Waals surface area contributed by atoms with Crippen molar-refractivity contribution in [3.63, 3.8) is 0 Å². The molecule has 0 unspecified atom stereocenters. The number of rotatable bonds is 9. The standard InChI is InChI=1S/C22H22N2O4S2/c1-29-12-11-20(15-25)23-22(26)18-7-4-8-21(14-18)30(27,28)24-19-10-9-16-5-2-3-6-17(16)13-19/h2-10,13-15,20,24H,11-12H2,1H3,(H,23,26)/t20-/m0/s1. The van der Waals surface area contributed by atoms with E-state index in [2.05, 4.69) is 10.0 Å². The lowest BCUT2D eigenvalue weighted by Gasteiger charge is -2.13. The zero-order valence-electron chi connectivity index (χ0n) is 16.4. The van der Waals surface area contributed by atoms with Gasteiger partial charge in [0.1, 0.15) is 6.29 Å². The first-order chi connectivity index (χ1) is 14.4. The summed E-state index contributed by atoms with van der Waals surface area (Å²) in [7, 11) is -3.89. The molecule has 0 aliphatic heterocycles. The van der Waals surface area contributed by atoms with Gasteiger partial charge in [0.05, 0.1) is 10.9 Å². The number of carbonyl (C=O) groups excluding carboxylic acids is 2. The van der Waals surface area contributed by atoms with Crippen LogP contribution in [0.15, 0.2) is 71.6 Å². The van der Waals surface area contributed by atoms with Gasteiger partial charge in [0.2, 0.25) is 0 Å². The molecule has 0 fully saturated rings. The predicted octanol–water partition coefficient (Wildman–Crippen LogP) is 3.69. The molecule has 0 saturated heterocycles. The summed E-state index contributed by atoms with van der Waals surface area (Å²) >= 11 is 1.58. The average Bonchev–Trinajstić information content (AvgIpc) is 2.76.